The molecule has 10 heteroatoms. The molecule has 2 aromatic carbocycles. The number of para-hydroxylation sites is 1. The molecule has 2 aromatic heterocycles. The second-order valence-corrected chi connectivity index (χ2v) is 7.49. The third-order valence-electron chi connectivity index (χ3n) is 5.27. The van der Waals surface area contributed by atoms with Crippen LogP contribution in [0.25, 0.3) is 16.9 Å². The number of hydrogen-bond donors (Lipinski definition) is 0. The predicted octanol–water partition coefficient (Wildman–Crippen LogP) is 4.08. The molecule has 0 aliphatic carbocycles. The Labute approximate surface area is 193 Å². The summed E-state index contributed by atoms with van der Waals surface area (Å²) < 4.78 is 7.83. The van der Waals surface area contributed by atoms with Crippen molar-refractivity contribution in [1.29, 1.82) is 0 Å². The van der Waals surface area contributed by atoms with Crippen LogP contribution in [0.1, 0.15) is 24.3 Å². The maximum Gasteiger partial charge on any atom is 0.269 e. The number of carbonyl (C=O) groups excluding carboxylic acids is 1. The van der Waals surface area contributed by atoms with Gasteiger partial charge in [0.05, 0.1) is 16.2 Å². The van der Waals surface area contributed by atoms with E-state index in [2.05, 4.69) is 10.1 Å². The fourth-order valence-electron chi connectivity index (χ4n) is 3.63. The highest BCUT2D eigenvalue weighted by molar-refractivity contribution is 5.96. The molecular formula is C24H18N6O4. The standard InChI is InChI=1S/C24H18N6O4/c1-16(31)29-24(34-23(27-29)18-11-13-25-14-12-18)21-15-28(19-5-3-2-4-6-19)26-22(21)17-7-9-20(10-8-17)30(32)33/h2-15,24H,1H3. The first-order valence-corrected chi connectivity index (χ1v) is 10.4. The molecule has 168 valence electrons. The third kappa shape index (κ3) is 3.88. The van der Waals surface area contributed by atoms with Gasteiger partial charge in [0.2, 0.25) is 18.0 Å². The summed E-state index contributed by atoms with van der Waals surface area (Å²) in [5.41, 5.74) is 3.19. The molecule has 1 unspecified atom stereocenters. The highest BCUT2D eigenvalue weighted by atomic mass is 16.6. The summed E-state index contributed by atoms with van der Waals surface area (Å²) in [6.45, 7) is 1.41. The van der Waals surface area contributed by atoms with Gasteiger partial charge in [-0.2, -0.15) is 10.1 Å². The minimum Gasteiger partial charge on any atom is -0.446 e. The number of nitrogens with zero attached hydrogens (tertiary/aromatic N) is 6. The molecule has 3 heterocycles. The molecule has 1 aliphatic rings. The fraction of sp³-hybridized carbons (Fsp3) is 0.0833. The number of ether oxygens (including phenoxy) is 1. The van der Waals surface area contributed by atoms with Crippen LogP contribution in [-0.2, 0) is 9.53 Å². The fourth-order valence-corrected chi connectivity index (χ4v) is 3.63. The molecule has 1 atom stereocenters. The Morgan fingerprint density at radius 3 is 2.35 bits per heavy atom. The number of hydrogen-bond acceptors (Lipinski definition) is 7. The zero-order chi connectivity index (χ0) is 23.7. The molecule has 10 nitrogen and oxygen atoms in total. The topological polar surface area (TPSA) is 116 Å². The summed E-state index contributed by atoms with van der Waals surface area (Å²) in [5, 5.41) is 21.5. The number of aromatic nitrogens is 3. The number of rotatable bonds is 5. The third-order valence-corrected chi connectivity index (χ3v) is 5.27. The van der Waals surface area contributed by atoms with Gasteiger partial charge in [-0.25, -0.2) is 4.68 Å². The van der Waals surface area contributed by atoms with E-state index in [0.717, 1.165) is 5.69 Å². The van der Waals surface area contributed by atoms with Crippen LogP contribution >= 0.6 is 0 Å². The molecule has 0 fully saturated rings. The Kier molecular flexibility index (Phi) is 5.30. The molecule has 34 heavy (non-hydrogen) atoms. The SMILES string of the molecule is CC(=O)N1N=C(c2ccncc2)OC1c1cn(-c2ccccc2)nc1-c1ccc([N+](=O)[O-])cc1. The molecule has 0 radical (unpaired) electrons. The van der Waals surface area contributed by atoms with Crippen molar-refractivity contribution >= 4 is 17.5 Å². The highest BCUT2D eigenvalue weighted by Gasteiger charge is 2.36. The first-order valence-electron chi connectivity index (χ1n) is 10.4. The quantitative estimate of drug-likeness (QED) is 0.331. The van der Waals surface area contributed by atoms with E-state index < -0.39 is 11.2 Å². The molecule has 1 amide bonds. The van der Waals surface area contributed by atoms with Gasteiger partial charge in [0.1, 0.15) is 5.69 Å². The van der Waals surface area contributed by atoms with Crippen molar-refractivity contribution in [3.63, 3.8) is 0 Å². The van der Waals surface area contributed by atoms with Gasteiger partial charge in [0.25, 0.3) is 5.69 Å². The Morgan fingerprint density at radius 2 is 1.71 bits per heavy atom. The zero-order valence-corrected chi connectivity index (χ0v) is 18.0. The number of pyridine rings is 1. The lowest BCUT2D eigenvalue weighted by molar-refractivity contribution is -0.384. The summed E-state index contributed by atoms with van der Waals surface area (Å²) in [4.78, 5) is 27.1. The summed E-state index contributed by atoms with van der Waals surface area (Å²) in [6, 6.07) is 19.0. The van der Waals surface area contributed by atoms with Crippen molar-refractivity contribution in [3.05, 3.63) is 107 Å². The zero-order valence-electron chi connectivity index (χ0n) is 18.0. The van der Waals surface area contributed by atoms with E-state index in [1.807, 2.05) is 30.3 Å². The second-order valence-electron chi connectivity index (χ2n) is 7.49. The largest absolute Gasteiger partial charge is 0.446 e. The van der Waals surface area contributed by atoms with Crippen molar-refractivity contribution in [2.45, 2.75) is 13.2 Å². The van der Waals surface area contributed by atoms with Crippen LogP contribution < -0.4 is 0 Å². The molecule has 0 saturated carbocycles. The second kappa shape index (κ2) is 8.58. The molecular weight excluding hydrogens is 436 g/mol. The van der Waals surface area contributed by atoms with Gasteiger partial charge in [0.15, 0.2) is 0 Å². The van der Waals surface area contributed by atoms with E-state index in [1.54, 1.807) is 47.5 Å². The number of benzene rings is 2. The summed E-state index contributed by atoms with van der Waals surface area (Å²) in [5.74, 6) is -0.0270. The lowest BCUT2D eigenvalue weighted by Gasteiger charge is -2.19. The van der Waals surface area contributed by atoms with Crippen LogP contribution in [0.5, 0.6) is 0 Å². The Morgan fingerprint density at radius 1 is 1.00 bits per heavy atom. The number of hydrazone groups is 1. The molecule has 4 aromatic rings. The van der Waals surface area contributed by atoms with E-state index in [4.69, 9.17) is 9.84 Å². The van der Waals surface area contributed by atoms with Gasteiger partial charge < -0.3 is 4.74 Å². The van der Waals surface area contributed by atoms with Crippen LogP contribution in [0.3, 0.4) is 0 Å². The van der Waals surface area contributed by atoms with Crippen molar-refractivity contribution < 1.29 is 14.5 Å². The highest BCUT2D eigenvalue weighted by Crippen LogP contribution is 2.37. The average Bonchev–Trinajstić information content (AvgIpc) is 3.50. The van der Waals surface area contributed by atoms with Crippen LogP contribution in [-0.4, -0.2) is 36.5 Å². The van der Waals surface area contributed by atoms with E-state index in [1.165, 1.54) is 24.1 Å². The van der Waals surface area contributed by atoms with Crippen LogP contribution in [0.15, 0.2) is 90.4 Å². The molecule has 0 N–H and O–H groups in total. The lowest BCUT2D eigenvalue weighted by atomic mass is 10.1. The number of nitro benzene ring substituents is 1. The number of amides is 1. The average molecular weight is 454 g/mol. The van der Waals surface area contributed by atoms with Crippen molar-refractivity contribution in [2.24, 2.45) is 5.10 Å². The maximum absolute atomic E-state index is 12.5. The first kappa shape index (κ1) is 21.0. The monoisotopic (exact) mass is 454 g/mol. The summed E-state index contributed by atoms with van der Waals surface area (Å²) in [7, 11) is 0. The van der Waals surface area contributed by atoms with Gasteiger partial charge in [-0.3, -0.25) is 19.9 Å². The first-order chi connectivity index (χ1) is 16.5. The van der Waals surface area contributed by atoms with E-state index in [-0.39, 0.29) is 17.5 Å². The predicted molar refractivity (Wildman–Crippen MR) is 123 cm³/mol. The molecule has 1 aliphatic heterocycles. The Hall–Kier alpha value is -4.86. The van der Waals surface area contributed by atoms with E-state index >= 15 is 0 Å². The van der Waals surface area contributed by atoms with E-state index in [0.29, 0.717) is 22.4 Å². The Balaban J connectivity index is 1.61. The molecule has 0 bridgehead atoms. The molecule has 0 saturated heterocycles. The molecule has 5 rings (SSSR count). The van der Waals surface area contributed by atoms with Gasteiger partial charge in [-0.15, -0.1) is 5.10 Å². The minimum atomic E-state index is -0.872. The summed E-state index contributed by atoms with van der Waals surface area (Å²) >= 11 is 0. The van der Waals surface area contributed by atoms with Gasteiger partial charge in [0, 0.05) is 48.8 Å². The number of carbonyl (C=O) groups is 1. The normalized spacial score (nSPS) is 15.0. The van der Waals surface area contributed by atoms with Crippen LogP contribution in [0.2, 0.25) is 0 Å². The lowest BCUT2D eigenvalue weighted by Crippen LogP contribution is -2.25. The number of nitro groups is 1. The van der Waals surface area contributed by atoms with Crippen molar-refractivity contribution in [2.75, 3.05) is 0 Å². The maximum atomic E-state index is 12.5. The van der Waals surface area contributed by atoms with Gasteiger partial charge in [-0.1, -0.05) is 18.2 Å². The van der Waals surface area contributed by atoms with E-state index in [9.17, 15) is 14.9 Å². The van der Waals surface area contributed by atoms with Gasteiger partial charge in [-0.05, 0) is 36.4 Å². The van der Waals surface area contributed by atoms with Crippen molar-refractivity contribution in [1.82, 2.24) is 19.8 Å². The Bertz CT molecular complexity index is 1380. The smallest absolute Gasteiger partial charge is 0.269 e. The molecule has 0 spiro atoms. The minimum absolute atomic E-state index is 0.0291. The van der Waals surface area contributed by atoms with Crippen LogP contribution in [0.4, 0.5) is 5.69 Å². The van der Waals surface area contributed by atoms with Gasteiger partial charge >= 0.3 is 0 Å². The number of non-ortho nitro benzene ring substituents is 1. The van der Waals surface area contributed by atoms with Crippen molar-refractivity contribution in [3.8, 4) is 16.9 Å². The van der Waals surface area contributed by atoms with Crippen LogP contribution in [0, 0.1) is 10.1 Å². The summed E-state index contributed by atoms with van der Waals surface area (Å²) in [6.07, 6.45) is 4.13.